The summed E-state index contributed by atoms with van der Waals surface area (Å²) in [4.78, 5) is 16.1. The molecule has 176 valence electrons. The molecule has 34 heavy (non-hydrogen) atoms. The summed E-state index contributed by atoms with van der Waals surface area (Å²) >= 11 is 0.700. The largest absolute Gasteiger partial charge is 1.00 e. The van der Waals surface area contributed by atoms with E-state index in [4.69, 9.17) is 9.84 Å². The molecule has 0 radical (unpaired) electrons. The van der Waals surface area contributed by atoms with Crippen LogP contribution in [0.25, 0.3) is 0 Å². The molecule has 0 aliphatic heterocycles. The van der Waals surface area contributed by atoms with E-state index in [9.17, 15) is 18.2 Å². The molecular formula is C16H20N6Na2O8S2. The van der Waals surface area contributed by atoms with E-state index in [-0.39, 0.29) is 113 Å². The molecule has 0 fully saturated rings. The van der Waals surface area contributed by atoms with Crippen LogP contribution in [0.5, 0.6) is 0 Å². The number of nitrogens with zero attached hydrogens (tertiary/aromatic N) is 4. The van der Waals surface area contributed by atoms with E-state index in [0.717, 1.165) is 0 Å². The third-order valence-corrected chi connectivity index (χ3v) is 4.94. The van der Waals surface area contributed by atoms with E-state index in [1.165, 1.54) is 25.3 Å². The Morgan fingerprint density at radius 1 is 1.21 bits per heavy atom. The molecule has 0 saturated carbocycles. The summed E-state index contributed by atoms with van der Waals surface area (Å²) in [5, 5.41) is 27.4. The molecule has 1 aromatic carbocycles. The zero-order chi connectivity index (χ0) is 23.4. The molecule has 0 aliphatic rings. The average molecular weight is 534 g/mol. The molecule has 0 saturated heterocycles. The maximum Gasteiger partial charge on any atom is 1.00 e. The van der Waals surface area contributed by atoms with Gasteiger partial charge in [-0.1, -0.05) is 6.07 Å². The molecule has 2 rings (SSSR count). The molecule has 0 amide bonds. The molecule has 0 aliphatic carbocycles. The molecule has 0 atom stereocenters. The minimum absolute atomic E-state index is 0. The first-order valence-corrected chi connectivity index (χ1v) is 11.3. The summed E-state index contributed by atoms with van der Waals surface area (Å²) in [7, 11) is -4.66. The Hall–Kier alpha value is -0.440. The van der Waals surface area contributed by atoms with Crippen molar-refractivity contribution in [1.82, 2.24) is 15.0 Å². The van der Waals surface area contributed by atoms with Gasteiger partial charge in [0.2, 0.25) is 11.9 Å². The zero-order valence-corrected chi connectivity index (χ0v) is 24.4. The Kier molecular flexibility index (Phi) is 17.7. The predicted molar refractivity (Wildman–Crippen MR) is 111 cm³/mol. The van der Waals surface area contributed by atoms with Crippen molar-refractivity contribution in [2.75, 3.05) is 42.8 Å². The van der Waals surface area contributed by atoms with E-state index in [0.29, 0.717) is 24.2 Å². The molecule has 1 heterocycles. The number of aromatic nitrogens is 3. The number of benzene rings is 1. The van der Waals surface area contributed by atoms with E-state index >= 15 is 0 Å². The SMILES string of the molecule is Cc1ccc(Nc2nc(/N=C\CSOO[O-])nc(NCCOCCO)n2)cc1S(=O)(=O)[O-].[Na+].[Na+]. The quantitative estimate of drug-likeness (QED) is 0.0393. The molecule has 3 N–H and O–H groups in total. The maximum atomic E-state index is 11.4. The van der Waals surface area contributed by atoms with Gasteiger partial charge in [-0.2, -0.15) is 19.3 Å². The van der Waals surface area contributed by atoms with Crippen LogP contribution in [-0.2, 0) is 24.2 Å². The second-order valence-corrected chi connectivity index (χ2v) is 7.89. The molecular weight excluding hydrogens is 514 g/mol. The number of hydrogen-bond acceptors (Lipinski definition) is 15. The van der Waals surface area contributed by atoms with Gasteiger partial charge in [0.25, 0.3) is 5.95 Å². The molecule has 0 unspecified atom stereocenters. The second-order valence-electron chi connectivity index (χ2n) is 5.84. The van der Waals surface area contributed by atoms with Crippen LogP contribution in [0, 0.1) is 6.92 Å². The number of rotatable bonds is 14. The fraction of sp³-hybridized carbons (Fsp3) is 0.375. The van der Waals surface area contributed by atoms with Crippen molar-refractivity contribution in [3.8, 4) is 0 Å². The van der Waals surface area contributed by atoms with Gasteiger partial charge in [-0.25, -0.2) is 13.4 Å². The molecule has 2 aromatic rings. The van der Waals surface area contributed by atoms with Gasteiger partial charge in [-0.05, 0) is 24.6 Å². The molecule has 0 bridgehead atoms. The maximum absolute atomic E-state index is 11.4. The summed E-state index contributed by atoms with van der Waals surface area (Å²) in [6.45, 7) is 2.19. The van der Waals surface area contributed by atoms with Crippen LogP contribution in [0.3, 0.4) is 0 Å². The van der Waals surface area contributed by atoms with Gasteiger partial charge in [0.05, 0.1) is 30.5 Å². The third-order valence-electron chi connectivity index (χ3n) is 3.53. The molecule has 14 nitrogen and oxygen atoms in total. The van der Waals surface area contributed by atoms with Gasteiger partial charge in [0.1, 0.15) is 10.1 Å². The summed E-state index contributed by atoms with van der Waals surface area (Å²) in [5.74, 6) is 0.319. The number of ether oxygens (including phenoxy) is 1. The van der Waals surface area contributed by atoms with Gasteiger partial charge in [-0.3, -0.25) is 5.04 Å². The van der Waals surface area contributed by atoms with Crippen molar-refractivity contribution in [1.29, 1.82) is 0 Å². The monoisotopic (exact) mass is 534 g/mol. The van der Waals surface area contributed by atoms with Gasteiger partial charge < -0.3 is 30.3 Å². The molecule has 0 spiro atoms. The Morgan fingerprint density at radius 2 is 1.94 bits per heavy atom. The van der Waals surface area contributed by atoms with Crippen LogP contribution in [-0.4, -0.2) is 71.4 Å². The van der Waals surface area contributed by atoms with E-state index in [1.807, 2.05) is 0 Å². The van der Waals surface area contributed by atoms with Crippen LogP contribution in [0.1, 0.15) is 5.56 Å². The average Bonchev–Trinajstić information content (AvgIpc) is 2.74. The van der Waals surface area contributed by atoms with E-state index in [1.54, 1.807) is 6.07 Å². The molecule has 1 aromatic heterocycles. The normalized spacial score (nSPS) is 11.1. The van der Waals surface area contributed by atoms with Crippen LogP contribution in [0.2, 0.25) is 0 Å². The standard InChI is InChI=1S/C16H22N6O8S2.2Na/c1-11-2-3-12(10-13(11)32(25,26)27)19-16-21-14(17-4-7-28-8-6-23)20-15(22-16)18-5-9-31-30-29-24;;/h2-3,5,10,23-24H,4,6-9H2,1H3,(H,25,26,27)(H2,17,19,20,21,22);;/q;2*+1/p-2/b18-5-;;. The Morgan fingerprint density at radius 3 is 2.62 bits per heavy atom. The Bertz CT molecular complexity index is 1020. The first-order chi connectivity index (χ1) is 15.3. The van der Waals surface area contributed by atoms with Crippen molar-refractivity contribution in [2.45, 2.75) is 11.8 Å². The number of nitrogens with one attached hydrogen (secondary N) is 2. The van der Waals surface area contributed by atoms with Gasteiger partial charge >= 0.3 is 59.1 Å². The second kappa shape index (κ2) is 17.9. The summed E-state index contributed by atoms with van der Waals surface area (Å²) in [5.41, 5.74) is 0.568. The van der Waals surface area contributed by atoms with Crippen LogP contribution in [0.4, 0.5) is 23.5 Å². The van der Waals surface area contributed by atoms with E-state index in [2.05, 4.69) is 39.9 Å². The Labute approximate surface area is 244 Å². The summed E-state index contributed by atoms with van der Waals surface area (Å²) in [6, 6.07) is 4.21. The summed E-state index contributed by atoms with van der Waals surface area (Å²) in [6.07, 6.45) is 1.37. The first kappa shape index (κ1) is 33.6. The minimum Gasteiger partial charge on any atom is -0.744 e. The van der Waals surface area contributed by atoms with Crippen molar-refractivity contribution in [3.63, 3.8) is 0 Å². The molecule has 18 heteroatoms. The predicted octanol–water partition coefficient (Wildman–Crippen LogP) is -6.17. The topological polar surface area (TPSA) is 203 Å². The van der Waals surface area contributed by atoms with Crippen LogP contribution >= 0.6 is 12.0 Å². The smallest absolute Gasteiger partial charge is 0.744 e. The zero-order valence-electron chi connectivity index (χ0n) is 18.8. The fourth-order valence-corrected chi connectivity index (χ4v) is 3.20. The van der Waals surface area contributed by atoms with Gasteiger partial charge in [-0.15, -0.1) is 0 Å². The van der Waals surface area contributed by atoms with Crippen LogP contribution < -0.4 is 75.0 Å². The first-order valence-electron chi connectivity index (χ1n) is 8.96. The number of aliphatic imine (C=N–C) groups is 1. The summed E-state index contributed by atoms with van der Waals surface area (Å²) < 4.78 is 43.6. The minimum atomic E-state index is -4.66. The van der Waals surface area contributed by atoms with Crippen molar-refractivity contribution in [2.24, 2.45) is 4.99 Å². The van der Waals surface area contributed by atoms with Gasteiger partial charge in [0.15, 0.2) is 0 Å². The third kappa shape index (κ3) is 12.5. The Balaban J connectivity index is 0.00000544. The van der Waals surface area contributed by atoms with Crippen LogP contribution in [0.15, 0.2) is 28.1 Å². The number of aryl methyl sites for hydroxylation is 1. The fourth-order valence-electron chi connectivity index (χ4n) is 2.23. The van der Waals surface area contributed by atoms with Crippen molar-refractivity contribution >= 4 is 51.9 Å². The van der Waals surface area contributed by atoms with Crippen molar-refractivity contribution < 1.29 is 96.6 Å². The van der Waals surface area contributed by atoms with E-state index < -0.39 is 10.1 Å². The number of aliphatic hydroxyl groups excluding tert-OH is 1. The van der Waals surface area contributed by atoms with Gasteiger partial charge in [0, 0.05) is 30.5 Å². The number of aliphatic hydroxyl groups is 1. The van der Waals surface area contributed by atoms with Crippen molar-refractivity contribution in [3.05, 3.63) is 23.8 Å². The number of anilines is 3. The number of hydrogen-bond donors (Lipinski definition) is 3.